The molecule has 1 aromatic heterocycles. The van der Waals surface area contributed by atoms with Crippen LogP contribution in [0.2, 0.25) is 0 Å². The number of aromatic nitrogens is 1. The van der Waals surface area contributed by atoms with Crippen LogP contribution in [0, 0.1) is 0 Å². The van der Waals surface area contributed by atoms with Crippen molar-refractivity contribution < 1.29 is 0 Å². The van der Waals surface area contributed by atoms with Crippen molar-refractivity contribution in [3.05, 3.63) is 48.3 Å². The molecule has 0 radical (unpaired) electrons. The molecule has 1 nitrogen and oxygen atoms in total. The van der Waals surface area contributed by atoms with E-state index in [9.17, 15) is 0 Å². The van der Waals surface area contributed by atoms with E-state index in [2.05, 4.69) is 24.7 Å². The Morgan fingerprint density at radius 1 is 0.778 bits per heavy atom. The summed E-state index contributed by atoms with van der Waals surface area (Å²) < 4.78 is 0. The molecule has 0 aliphatic heterocycles. The lowest BCUT2D eigenvalue weighted by atomic mass is 10.1. The number of nitrogens with one attached hydrogen (secondary N) is 1. The van der Waals surface area contributed by atoms with Crippen LogP contribution in [0.1, 0.15) is 57.1 Å². The highest BCUT2D eigenvalue weighted by Crippen LogP contribution is 2.23. The van der Waals surface area contributed by atoms with E-state index in [0.717, 1.165) is 22.5 Å². The Balaban J connectivity index is 0. The summed E-state index contributed by atoms with van der Waals surface area (Å²) in [4.78, 5) is 3.23. The molecule has 0 unspecified atom stereocenters. The molecule has 0 amide bonds. The Hall–Kier alpha value is -1.76. The lowest BCUT2D eigenvalue weighted by molar-refractivity contribution is 1.34. The summed E-state index contributed by atoms with van der Waals surface area (Å²) in [7, 11) is 0. The molecule has 0 saturated heterocycles. The van der Waals surface area contributed by atoms with Gasteiger partial charge in [-0.1, -0.05) is 65.7 Å². The van der Waals surface area contributed by atoms with Crippen LogP contribution in [0.25, 0.3) is 24.3 Å². The van der Waals surface area contributed by atoms with Gasteiger partial charge in [0, 0.05) is 22.5 Å². The lowest BCUT2D eigenvalue weighted by Gasteiger charge is -1.94. The zero-order chi connectivity index (χ0) is 14.6. The Morgan fingerprint density at radius 3 is 1.56 bits per heavy atom. The number of rotatable bonds is 4. The average molecular weight is 245 g/mol. The summed E-state index contributed by atoms with van der Waals surface area (Å²) in [6.45, 7) is 21.3. The van der Waals surface area contributed by atoms with Crippen LogP contribution in [-0.4, -0.2) is 4.98 Å². The lowest BCUT2D eigenvalue weighted by Crippen LogP contribution is -1.76. The molecule has 1 heteroatoms. The van der Waals surface area contributed by atoms with Crippen molar-refractivity contribution in [3.63, 3.8) is 0 Å². The van der Waals surface area contributed by atoms with Gasteiger partial charge in [-0.05, 0) is 19.1 Å². The molecule has 0 saturated carbocycles. The number of hydrogen-bond acceptors (Lipinski definition) is 0. The quantitative estimate of drug-likeness (QED) is 0.666. The van der Waals surface area contributed by atoms with Gasteiger partial charge in [0.25, 0.3) is 0 Å². The maximum absolute atomic E-state index is 3.79. The molecule has 100 valence electrons. The van der Waals surface area contributed by atoms with Gasteiger partial charge in [0.2, 0.25) is 0 Å². The fraction of sp³-hybridized carbons (Fsp3) is 0.294. The topological polar surface area (TPSA) is 15.8 Å². The van der Waals surface area contributed by atoms with Crippen LogP contribution in [0.3, 0.4) is 0 Å². The van der Waals surface area contributed by atoms with Gasteiger partial charge in [-0.3, -0.25) is 0 Å². The summed E-state index contributed by atoms with van der Waals surface area (Å²) >= 11 is 0. The molecule has 0 atom stereocenters. The number of hydrogen-bond donors (Lipinski definition) is 1. The minimum absolute atomic E-state index is 0.989. The van der Waals surface area contributed by atoms with E-state index in [-0.39, 0.29) is 0 Å². The molecule has 0 aliphatic carbocycles. The third-order valence-electron chi connectivity index (χ3n) is 2.09. The van der Waals surface area contributed by atoms with Crippen LogP contribution < -0.4 is 0 Å². The van der Waals surface area contributed by atoms with E-state index in [1.54, 1.807) is 12.2 Å². The summed E-state index contributed by atoms with van der Waals surface area (Å²) in [5, 5.41) is 0. The van der Waals surface area contributed by atoms with Gasteiger partial charge in [-0.15, -0.1) is 0 Å². The van der Waals surface area contributed by atoms with E-state index in [0.29, 0.717) is 0 Å². The second-order valence-corrected chi connectivity index (χ2v) is 2.89. The van der Waals surface area contributed by atoms with Gasteiger partial charge in [0.1, 0.15) is 0 Å². The van der Waals surface area contributed by atoms with Crippen molar-refractivity contribution in [1.29, 1.82) is 0 Å². The largest absolute Gasteiger partial charge is 0.355 e. The van der Waals surface area contributed by atoms with Crippen LogP contribution in [-0.2, 0) is 0 Å². The summed E-state index contributed by atoms with van der Waals surface area (Å²) in [6, 6.07) is 0. The summed E-state index contributed by atoms with van der Waals surface area (Å²) in [5.74, 6) is 0. The van der Waals surface area contributed by atoms with E-state index < -0.39 is 0 Å². The molecule has 0 aliphatic rings. The normalized spacial score (nSPS) is 8.72. The zero-order valence-corrected chi connectivity index (χ0v) is 12.5. The zero-order valence-electron chi connectivity index (χ0n) is 12.5. The molecule has 1 N–H and O–H groups in total. The summed E-state index contributed by atoms with van der Waals surface area (Å²) in [5.41, 5.74) is 4.19. The van der Waals surface area contributed by atoms with Crippen molar-refractivity contribution in [1.82, 2.24) is 4.98 Å². The number of aromatic amines is 1. The van der Waals surface area contributed by atoms with Crippen molar-refractivity contribution in [2.75, 3.05) is 0 Å². The molecule has 1 rings (SSSR count). The molecule has 1 aromatic rings. The van der Waals surface area contributed by atoms with Crippen molar-refractivity contribution in [2.24, 2.45) is 0 Å². The average Bonchev–Trinajstić information content (AvgIpc) is 2.80. The van der Waals surface area contributed by atoms with Crippen LogP contribution >= 0.6 is 0 Å². The summed E-state index contributed by atoms with van der Waals surface area (Å²) in [6.07, 6.45) is 9.45. The monoisotopic (exact) mass is 245 g/mol. The third-order valence-corrected chi connectivity index (χ3v) is 2.09. The van der Waals surface area contributed by atoms with Gasteiger partial charge < -0.3 is 4.98 Å². The molecule has 0 fully saturated rings. The predicted octanol–water partition coefficient (Wildman–Crippen LogP) is 6.03. The van der Waals surface area contributed by atoms with Gasteiger partial charge in [-0.25, -0.2) is 0 Å². The third kappa shape index (κ3) is 4.62. The molecular formula is C17H27N. The first-order valence-corrected chi connectivity index (χ1v) is 6.54. The van der Waals surface area contributed by atoms with Gasteiger partial charge >= 0.3 is 0 Å². The first kappa shape index (κ1) is 18.6. The molecule has 0 aromatic carbocycles. The first-order valence-electron chi connectivity index (χ1n) is 6.54. The highest BCUT2D eigenvalue weighted by atomic mass is 14.7. The smallest absolute Gasteiger partial charge is 0.0458 e. The van der Waals surface area contributed by atoms with Gasteiger partial charge in [-0.2, -0.15) is 0 Å². The Bertz CT molecular complexity index is 392. The molecule has 0 bridgehead atoms. The minimum Gasteiger partial charge on any atom is -0.355 e. The second-order valence-electron chi connectivity index (χ2n) is 2.89. The Labute approximate surface area is 113 Å². The maximum Gasteiger partial charge on any atom is 0.0458 e. The maximum atomic E-state index is 3.79. The van der Waals surface area contributed by atoms with Gasteiger partial charge in [0.05, 0.1) is 0 Å². The second kappa shape index (κ2) is 11.7. The number of H-pyrrole nitrogens is 1. The van der Waals surface area contributed by atoms with Crippen molar-refractivity contribution in [2.45, 2.75) is 34.6 Å². The fourth-order valence-electron chi connectivity index (χ4n) is 1.46. The first-order chi connectivity index (χ1) is 8.78. The minimum atomic E-state index is 0.989. The highest BCUT2D eigenvalue weighted by Gasteiger charge is 2.08. The van der Waals surface area contributed by atoms with Crippen LogP contribution in [0.5, 0.6) is 0 Å². The van der Waals surface area contributed by atoms with Crippen molar-refractivity contribution in [3.8, 4) is 0 Å². The van der Waals surface area contributed by atoms with E-state index in [1.807, 2.05) is 52.8 Å². The van der Waals surface area contributed by atoms with Gasteiger partial charge in [0.15, 0.2) is 0 Å². The Morgan fingerprint density at radius 2 is 1.22 bits per heavy atom. The Kier molecular flexibility index (Phi) is 12.1. The SMILES string of the molecule is C=Cc1[nH]c(C=C)c(/C=C\C)c1C=C.CC.CC. The molecule has 1 heterocycles. The van der Waals surface area contributed by atoms with E-state index in [4.69, 9.17) is 0 Å². The predicted molar refractivity (Wildman–Crippen MR) is 88.5 cm³/mol. The highest BCUT2D eigenvalue weighted by molar-refractivity contribution is 5.77. The standard InChI is InChI=1S/C13H15N.2C2H6/c1-5-9-11-10(6-2)12(7-3)14-13(11)8-4;2*1-2/h5-9,14H,2-4H2,1H3;2*1-2H3/b9-5-;;. The molecule has 0 spiro atoms. The molecule has 18 heavy (non-hydrogen) atoms. The van der Waals surface area contributed by atoms with Crippen LogP contribution in [0.4, 0.5) is 0 Å². The fourth-order valence-corrected chi connectivity index (χ4v) is 1.46. The van der Waals surface area contributed by atoms with Crippen molar-refractivity contribution >= 4 is 24.3 Å². The van der Waals surface area contributed by atoms with Crippen LogP contribution in [0.15, 0.2) is 25.8 Å². The number of allylic oxidation sites excluding steroid dienone is 1. The van der Waals surface area contributed by atoms with E-state index in [1.165, 1.54) is 0 Å². The van der Waals surface area contributed by atoms with E-state index >= 15 is 0 Å². The molecular weight excluding hydrogens is 218 g/mol.